The van der Waals surface area contributed by atoms with E-state index >= 15 is 0 Å². The molecule has 0 aliphatic heterocycles. The van der Waals surface area contributed by atoms with Crippen molar-refractivity contribution in [2.45, 2.75) is 23.0 Å². The fourth-order valence-corrected chi connectivity index (χ4v) is 3.36. The summed E-state index contributed by atoms with van der Waals surface area (Å²) >= 11 is 0. The predicted molar refractivity (Wildman–Crippen MR) is 64.2 cm³/mol. The summed E-state index contributed by atoms with van der Waals surface area (Å²) < 4.78 is 61.9. The summed E-state index contributed by atoms with van der Waals surface area (Å²) in [5.74, 6) is -0.866. The van der Waals surface area contributed by atoms with Gasteiger partial charge in [-0.2, -0.15) is 16.8 Å². The van der Waals surface area contributed by atoms with Crippen LogP contribution in [0, 0.1) is 0 Å². The number of rotatable bonds is 2. The average molecular weight is 306 g/mol. The van der Waals surface area contributed by atoms with Gasteiger partial charge < -0.3 is 0 Å². The Hall–Kier alpha value is -1.29. The summed E-state index contributed by atoms with van der Waals surface area (Å²) in [6, 6.07) is 3.40. The summed E-state index contributed by atoms with van der Waals surface area (Å²) in [6.07, 6.45) is 0.160. The quantitative estimate of drug-likeness (QED) is 0.753. The number of aryl methyl sites for hydroxylation is 1. The molecule has 0 heterocycles. The zero-order valence-corrected chi connectivity index (χ0v) is 11.1. The highest BCUT2D eigenvalue weighted by molar-refractivity contribution is 7.87. The minimum Gasteiger partial charge on any atom is -0.293 e. The molecule has 0 aromatic heterocycles. The van der Waals surface area contributed by atoms with Gasteiger partial charge in [0.2, 0.25) is 0 Å². The number of carbonyl (C=O) groups is 1. The molecule has 0 amide bonds. The first-order chi connectivity index (χ1) is 8.60. The van der Waals surface area contributed by atoms with E-state index in [0.717, 1.165) is 12.1 Å². The van der Waals surface area contributed by atoms with Crippen LogP contribution in [0.1, 0.15) is 22.3 Å². The third-order valence-electron chi connectivity index (χ3n) is 2.97. The zero-order valence-electron chi connectivity index (χ0n) is 9.48. The van der Waals surface area contributed by atoms with Gasteiger partial charge in [-0.25, -0.2) is 0 Å². The van der Waals surface area contributed by atoms with Crippen LogP contribution >= 0.6 is 0 Å². The molecule has 0 bridgehead atoms. The maximum Gasteiger partial charge on any atom is 0.294 e. The Morgan fingerprint density at radius 2 is 1.74 bits per heavy atom. The van der Waals surface area contributed by atoms with Gasteiger partial charge in [0.25, 0.3) is 20.2 Å². The molecular weight excluding hydrogens is 296 g/mol. The minimum absolute atomic E-state index is 0.0596. The first kappa shape index (κ1) is 14.1. The van der Waals surface area contributed by atoms with Gasteiger partial charge in [0.05, 0.1) is 4.90 Å². The summed E-state index contributed by atoms with van der Waals surface area (Å²) in [4.78, 5) is 11.4. The number of fused-ring (bicyclic) bond motifs is 1. The Morgan fingerprint density at radius 1 is 1.11 bits per heavy atom. The number of benzene rings is 1. The number of Topliss-reactive ketones (excluding diaryl/α,β-unsaturated/α-hetero) is 1. The Labute approximate surface area is 109 Å². The van der Waals surface area contributed by atoms with E-state index in [1.54, 1.807) is 0 Å². The molecule has 1 aliphatic rings. The topological polar surface area (TPSA) is 126 Å². The highest BCUT2D eigenvalue weighted by atomic mass is 32.2. The van der Waals surface area contributed by atoms with Crippen molar-refractivity contribution in [3.05, 3.63) is 29.3 Å². The van der Waals surface area contributed by atoms with E-state index in [9.17, 15) is 21.6 Å². The van der Waals surface area contributed by atoms with Gasteiger partial charge in [-0.05, 0) is 30.5 Å². The molecule has 0 saturated carbocycles. The van der Waals surface area contributed by atoms with Crippen molar-refractivity contribution in [2.75, 3.05) is 0 Å². The summed E-state index contributed by atoms with van der Waals surface area (Å²) in [6.45, 7) is 0. The molecule has 2 N–H and O–H groups in total. The standard InChI is InChI=1S/C10H10O7S2/c11-10-8-5-7(18(12,13)14)3-1-6(8)2-4-9(10)19(15,16)17/h1,3,5,9H,2,4H2,(H,12,13,14)(H,15,16,17)/t9-/m1/s1. The fraction of sp³-hybridized carbons (Fsp3) is 0.300. The molecule has 0 radical (unpaired) electrons. The Kier molecular flexibility index (Phi) is 3.25. The van der Waals surface area contributed by atoms with Gasteiger partial charge >= 0.3 is 0 Å². The highest BCUT2D eigenvalue weighted by Gasteiger charge is 2.36. The normalized spacial score (nSPS) is 20.1. The second-order valence-electron chi connectivity index (χ2n) is 4.20. The third-order valence-corrected chi connectivity index (χ3v) is 4.99. The molecule has 1 aromatic carbocycles. The van der Waals surface area contributed by atoms with Crippen molar-refractivity contribution in [2.24, 2.45) is 0 Å². The monoisotopic (exact) mass is 306 g/mol. The maximum atomic E-state index is 11.9. The van der Waals surface area contributed by atoms with E-state index in [4.69, 9.17) is 9.11 Å². The summed E-state index contributed by atoms with van der Waals surface area (Å²) in [7, 11) is -9.00. The molecule has 9 heteroatoms. The minimum atomic E-state index is -4.53. The molecule has 1 atom stereocenters. The fourth-order valence-electron chi connectivity index (χ4n) is 2.04. The lowest BCUT2D eigenvalue weighted by molar-refractivity contribution is 0.0973. The van der Waals surface area contributed by atoms with Crippen LogP contribution < -0.4 is 0 Å². The largest absolute Gasteiger partial charge is 0.294 e. The van der Waals surface area contributed by atoms with E-state index in [0.29, 0.717) is 5.56 Å². The highest BCUT2D eigenvalue weighted by Crippen LogP contribution is 2.27. The SMILES string of the molecule is O=C1c2cc(S(=O)(=O)O)ccc2CC[C@H]1S(=O)(=O)O. The Morgan fingerprint density at radius 3 is 2.26 bits per heavy atom. The average Bonchev–Trinajstić information content (AvgIpc) is 2.26. The zero-order chi connectivity index (χ0) is 14.4. The van der Waals surface area contributed by atoms with Crippen molar-refractivity contribution >= 4 is 26.0 Å². The molecule has 0 fully saturated rings. The van der Waals surface area contributed by atoms with E-state index in [2.05, 4.69) is 0 Å². The van der Waals surface area contributed by atoms with Crippen molar-refractivity contribution in [1.82, 2.24) is 0 Å². The van der Waals surface area contributed by atoms with E-state index in [1.807, 2.05) is 0 Å². The lowest BCUT2D eigenvalue weighted by atomic mass is 9.90. The predicted octanol–water partition coefficient (Wildman–Crippen LogP) is 0.319. The lowest BCUT2D eigenvalue weighted by Crippen LogP contribution is -2.34. The van der Waals surface area contributed by atoms with Crippen LogP contribution in [0.5, 0.6) is 0 Å². The van der Waals surface area contributed by atoms with Gasteiger partial charge in [-0.15, -0.1) is 0 Å². The van der Waals surface area contributed by atoms with Crippen LogP contribution in [0.3, 0.4) is 0 Å². The van der Waals surface area contributed by atoms with Crippen molar-refractivity contribution in [3.63, 3.8) is 0 Å². The second-order valence-corrected chi connectivity index (χ2v) is 7.22. The second kappa shape index (κ2) is 4.37. The maximum absolute atomic E-state index is 11.9. The molecule has 0 unspecified atom stereocenters. The smallest absolute Gasteiger partial charge is 0.293 e. The van der Waals surface area contributed by atoms with E-state index in [1.165, 1.54) is 6.07 Å². The molecule has 7 nitrogen and oxygen atoms in total. The Balaban J connectivity index is 2.57. The van der Waals surface area contributed by atoms with Crippen LogP contribution in [0.4, 0.5) is 0 Å². The molecule has 2 rings (SSSR count). The number of ketones is 1. The van der Waals surface area contributed by atoms with Gasteiger partial charge in [0.1, 0.15) is 5.25 Å². The van der Waals surface area contributed by atoms with Crippen LogP contribution in [-0.4, -0.2) is 37.0 Å². The van der Waals surface area contributed by atoms with E-state index < -0.39 is 36.2 Å². The molecule has 104 valence electrons. The summed E-state index contributed by atoms with van der Waals surface area (Å²) in [5, 5.41) is -1.59. The third kappa shape index (κ3) is 2.68. The van der Waals surface area contributed by atoms with Crippen LogP contribution in [0.15, 0.2) is 23.1 Å². The summed E-state index contributed by atoms with van der Waals surface area (Å²) in [5.41, 5.74) is 0.376. The lowest BCUT2D eigenvalue weighted by Gasteiger charge is -2.21. The molecule has 0 spiro atoms. The van der Waals surface area contributed by atoms with Gasteiger partial charge in [-0.3, -0.25) is 13.9 Å². The van der Waals surface area contributed by atoms with Gasteiger partial charge in [-0.1, -0.05) is 6.07 Å². The molecule has 1 aromatic rings. The van der Waals surface area contributed by atoms with Crippen molar-refractivity contribution in [1.29, 1.82) is 0 Å². The number of hydrogen-bond acceptors (Lipinski definition) is 5. The molecule has 1 aliphatic carbocycles. The molecule has 19 heavy (non-hydrogen) atoms. The number of carbonyl (C=O) groups excluding carboxylic acids is 1. The van der Waals surface area contributed by atoms with Crippen molar-refractivity contribution in [3.8, 4) is 0 Å². The molecular formula is C10H10O7S2. The first-order valence-corrected chi connectivity index (χ1v) is 8.16. The number of hydrogen-bond donors (Lipinski definition) is 2. The van der Waals surface area contributed by atoms with Crippen molar-refractivity contribution < 1.29 is 30.7 Å². The van der Waals surface area contributed by atoms with Crippen LogP contribution in [0.2, 0.25) is 0 Å². The Bertz CT molecular complexity index is 746. The van der Waals surface area contributed by atoms with Gasteiger partial charge in [0, 0.05) is 5.56 Å². The molecule has 0 saturated heterocycles. The first-order valence-electron chi connectivity index (χ1n) is 5.21. The van der Waals surface area contributed by atoms with Crippen LogP contribution in [-0.2, 0) is 26.7 Å². The van der Waals surface area contributed by atoms with Gasteiger partial charge in [0.15, 0.2) is 5.78 Å². The van der Waals surface area contributed by atoms with Crippen LogP contribution in [0.25, 0.3) is 0 Å². The van der Waals surface area contributed by atoms with E-state index in [-0.39, 0.29) is 18.4 Å².